The van der Waals surface area contributed by atoms with E-state index in [-0.39, 0.29) is 13.0 Å². The Kier molecular flexibility index (Phi) is 3.27. The molecule has 0 saturated carbocycles. The minimum Gasteiger partial charge on any atom is -0.265 e. The Labute approximate surface area is 83.6 Å². The largest absolute Gasteiger partial charge is 0.304 e. The van der Waals surface area contributed by atoms with Crippen LogP contribution in [-0.2, 0) is 6.42 Å². The second-order valence-electron chi connectivity index (χ2n) is 2.85. The smallest absolute Gasteiger partial charge is 0.265 e. The summed E-state index contributed by atoms with van der Waals surface area (Å²) >= 11 is 0. The minimum absolute atomic E-state index is 0.0575. The molecule has 0 spiro atoms. The van der Waals surface area contributed by atoms with Crippen LogP contribution in [0.5, 0.6) is 0 Å². The Morgan fingerprint density at radius 2 is 1.93 bits per heavy atom. The number of nitro benzene ring substituents is 1. The highest BCUT2D eigenvalue weighted by Crippen LogP contribution is 2.18. The van der Waals surface area contributed by atoms with Gasteiger partial charge in [0.25, 0.3) is 0 Å². The topological polar surface area (TPSA) is 86.3 Å². The summed E-state index contributed by atoms with van der Waals surface area (Å²) in [5, 5.41) is 20.3. The van der Waals surface area contributed by atoms with E-state index in [0.717, 1.165) is 12.1 Å². The molecule has 1 rings (SSSR count). The number of hydrogen-bond acceptors (Lipinski definition) is 4. The van der Waals surface area contributed by atoms with E-state index in [9.17, 15) is 24.6 Å². The number of rotatable bonds is 4. The number of nitrogens with zero attached hydrogens (tertiary/aromatic N) is 2. The standard InChI is InChI=1S/C8H7FN2O4/c9-7-5-6(3-4-10(12)13)1-2-8(7)11(14)15/h1-2,5H,3-4H2. The predicted molar refractivity (Wildman–Crippen MR) is 48.6 cm³/mol. The lowest BCUT2D eigenvalue weighted by Crippen LogP contribution is -2.04. The molecule has 7 heteroatoms. The first-order valence-electron chi connectivity index (χ1n) is 4.05. The molecule has 0 aromatic heterocycles. The molecule has 0 saturated heterocycles. The SMILES string of the molecule is O=[N+]([O-])CCc1ccc([N+](=O)[O-])c(F)c1. The molecule has 0 heterocycles. The van der Waals surface area contributed by atoms with E-state index in [4.69, 9.17) is 0 Å². The maximum absolute atomic E-state index is 13.0. The van der Waals surface area contributed by atoms with E-state index >= 15 is 0 Å². The van der Waals surface area contributed by atoms with Crippen molar-refractivity contribution in [1.29, 1.82) is 0 Å². The molecule has 0 aliphatic heterocycles. The highest BCUT2D eigenvalue weighted by atomic mass is 19.1. The van der Waals surface area contributed by atoms with Gasteiger partial charge in [0.15, 0.2) is 0 Å². The molecule has 0 unspecified atom stereocenters. The van der Waals surface area contributed by atoms with Crippen LogP contribution in [0.25, 0.3) is 0 Å². The monoisotopic (exact) mass is 214 g/mol. The van der Waals surface area contributed by atoms with Gasteiger partial charge in [-0.15, -0.1) is 0 Å². The average Bonchev–Trinajstić information content (AvgIpc) is 2.14. The molecule has 0 aliphatic rings. The molecule has 0 radical (unpaired) electrons. The number of nitro groups is 2. The Morgan fingerprint density at radius 1 is 1.27 bits per heavy atom. The molecule has 80 valence electrons. The lowest BCUT2D eigenvalue weighted by Gasteiger charge is -1.98. The molecule has 0 amide bonds. The van der Waals surface area contributed by atoms with Gasteiger partial charge in [0.1, 0.15) is 0 Å². The number of hydrogen-bond donors (Lipinski definition) is 0. The maximum Gasteiger partial charge on any atom is 0.304 e. The van der Waals surface area contributed by atoms with Crippen LogP contribution in [0, 0.1) is 26.0 Å². The predicted octanol–water partition coefficient (Wildman–Crippen LogP) is 1.55. The van der Waals surface area contributed by atoms with Crippen molar-refractivity contribution in [2.45, 2.75) is 6.42 Å². The third-order valence-corrected chi connectivity index (χ3v) is 1.79. The maximum atomic E-state index is 13.0. The summed E-state index contributed by atoms with van der Waals surface area (Å²) in [5.74, 6) is -0.971. The summed E-state index contributed by atoms with van der Waals surface area (Å²) in [5.41, 5.74) is -0.255. The van der Waals surface area contributed by atoms with Crippen LogP contribution < -0.4 is 0 Å². The molecule has 0 atom stereocenters. The molecule has 0 aliphatic carbocycles. The molecule has 0 bridgehead atoms. The van der Waals surface area contributed by atoms with Crippen molar-refractivity contribution < 1.29 is 14.2 Å². The molecule has 6 nitrogen and oxygen atoms in total. The lowest BCUT2D eigenvalue weighted by atomic mass is 10.1. The third kappa shape index (κ3) is 2.97. The van der Waals surface area contributed by atoms with E-state index in [1.165, 1.54) is 6.07 Å². The van der Waals surface area contributed by atoms with Crippen molar-refractivity contribution >= 4 is 5.69 Å². The summed E-state index contributed by atoms with van der Waals surface area (Å²) in [6, 6.07) is 3.26. The first-order valence-corrected chi connectivity index (χ1v) is 4.05. The molecular formula is C8H7FN2O4. The van der Waals surface area contributed by atoms with E-state index in [0.29, 0.717) is 5.56 Å². The van der Waals surface area contributed by atoms with Gasteiger partial charge in [-0.1, -0.05) is 6.07 Å². The zero-order valence-corrected chi connectivity index (χ0v) is 7.55. The fraction of sp³-hybridized carbons (Fsp3) is 0.250. The summed E-state index contributed by atoms with van der Waals surface area (Å²) in [6.07, 6.45) is 0.0575. The van der Waals surface area contributed by atoms with Crippen LogP contribution >= 0.6 is 0 Å². The lowest BCUT2D eigenvalue weighted by molar-refractivity contribution is -0.479. The second-order valence-corrected chi connectivity index (χ2v) is 2.85. The Hall–Kier alpha value is -2.05. The van der Waals surface area contributed by atoms with Crippen molar-refractivity contribution in [1.82, 2.24) is 0 Å². The fourth-order valence-electron chi connectivity index (χ4n) is 1.07. The van der Waals surface area contributed by atoms with Gasteiger partial charge in [-0.3, -0.25) is 20.2 Å². The summed E-state index contributed by atoms with van der Waals surface area (Å²) in [7, 11) is 0. The van der Waals surface area contributed by atoms with E-state index < -0.39 is 21.4 Å². The molecule has 0 N–H and O–H groups in total. The van der Waals surface area contributed by atoms with Crippen LogP contribution in [0.4, 0.5) is 10.1 Å². The van der Waals surface area contributed by atoms with Gasteiger partial charge in [0.05, 0.1) is 4.92 Å². The van der Waals surface area contributed by atoms with Gasteiger partial charge < -0.3 is 0 Å². The average molecular weight is 214 g/mol. The van der Waals surface area contributed by atoms with Gasteiger partial charge in [0.2, 0.25) is 12.4 Å². The first kappa shape index (κ1) is 11.0. The zero-order valence-electron chi connectivity index (χ0n) is 7.55. The van der Waals surface area contributed by atoms with Crippen LogP contribution in [0.15, 0.2) is 18.2 Å². The van der Waals surface area contributed by atoms with Gasteiger partial charge >= 0.3 is 5.69 Å². The summed E-state index contributed by atoms with van der Waals surface area (Å²) in [6.45, 7) is -0.322. The van der Waals surface area contributed by atoms with Gasteiger partial charge in [-0.2, -0.15) is 4.39 Å². The molecule has 1 aromatic carbocycles. The number of benzene rings is 1. The third-order valence-electron chi connectivity index (χ3n) is 1.79. The van der Waals surface area contributed by atoms with E-state index in [1.54, 1.807) is 0 Å². The van der Waals surface area contributed by atoms with Crippen molar-refractivity contribution in [2.24, 2.45) is 0 Å². The van der Waals surface area contributed by atoms with Crippen molar-refractivity contribution in [3.8, 4) is 0 Å². The molecular weight excluding hydrogens is 207 g/mol. The van der Waals surface area contributed by atoms with E-state index in [1.807, 2.05) is 0 Å². The van der Waals surface area contributed by atoms with Crippen LogP contribution in [0.3, 0.4) is 0 Å². The summed E-state index contributed by atoms with van der Waals surface area (Å²) in [4.78, 5) is 18.9. The van der Waals surface area contributed by atoms with Crippen LogP contribution in [-0.4, -0.2) is 16.4 Å². The minimum atomic E-state index is -0.971. The Bertz CT molecular complexity index is 408. The van der Waals surface area contributed by atoms with Crippen molar-refractivity contribution in [3.05, 3.63) is 49.8 Å². The van der Waals surface area contributed by atoms with Crippen LogP contribution in [0.2, 0.25) is 0 Å². The zero-order chi connectivity index (χ0) is 11.4. The number of halogens is 1. The van der Waals surface area contributed by atoms with E-state index in [2.05, 4.69) is 0 Å². The first-order chi connectivity index (χ1) is 7.00. The highest BCUT2D eigenvalue weighted by Gasteiger charge is 2.14. The quantitative estimate of drug-likeness (QED) is 0.562. The van der Waals surface area contributed by atoms with Crippen molar-refractivity contribution in [3.63, 3.8) is 0 Å². The van der Waals surface area contributed by atoms with Crippen LogP contribution in [0.1, 0.15) is 5.56 Å². The fourth-order valence-corrected chi connectivity index (χ4v) is 1.07. The Morgan fingerprint density at radius 3 is 2.40 bits per heavy atom. The molecule has 0 fully saturated rings. The van der Waals surface area contributed by atoms with Gasteiger partial charge in [0, 0.05) is 17.4 Å². The van der Waals surface area contributed by atoms with Gasteiger partial charge in [-0.05, 0) is 11.6 Å². The Balaban J connectivity index is 2.82. The van der Waals surface area contributed by atoms with Crippen molar-refractivity contribution in [2.75, 3.05) is 6.54 Å². The normalized spacial score (nSPS) is 9.93. The summed E-state index contributed by atoms with van der Waals surface area (Å²) < 4.78 is 13.0. The molecule has 15 heavy (non-hydrogen) atoms. The second kappa shape index (κ2) is 4.45. The highest BCUT2D eigenvalue weighted by molar-refractivity contribution is 5.35. The molecule has 1 aromatic rings. The van der Waals surface area contributed by atoms with Gasteiger partial charge in [-0.25, -0.2) is 0 Å².